The van der Waals surface area contributed by atoms with E-state index in [0.29, 0.717) is 47.0 Å². The normalized spacial score (nSPS) is 15.1. The van der Waals surface area contributed by atoms with Gasteiger partial charge in [-0.15, -0.1) is 0 Å². The SMILES string of the molecule is O=C(O)COc1ccc(Cl)cc1C1c2ccccc2CCN1C(=O)CCn1ccc2ncc(Cl)nc21. The van der Waals surface area contributed by atoms with E-state index < -0.39 is 18.6 Å². The summed E-state index contributed by atoms with van der Waals surface area (Å²) in [4.78, 5) is 35.2. The lowest BCUT2D eigenvalue weighted by Crippen LogP contribution is -2.41. The first-order valence-electron chi connectivity index (χ1n) is 11.4. The van der Waals surface area contributed by atoms with Crippen molar-refractivity contribution in [2.45, 2.75) is 25.4 Å². The van der Waals surface area contributed by atoms with Crippen LogP contribution in [0.1, 0.15) is 29.2 Å². The first kappa shape index (κ1) is 24.1. The molecule has 10 heteroatoms. The van der Waals surface area contributed by atoms with E-state index in [-0.39, 0.29) is 17.5 Å². The Hall–Kier alpha value is -3.62. The minimum absolute atomic E-state index is 0.0597. The summed E-state index contributed by atoms with van der Waals surface area (Å²) >= 11 is 12.4. The average Bonchev–Trinajstić information content (AvgIpc) is 3.27. The van der Waals surface area contributed by atoms with Crippen molar-refractivity contribution < 1.29 is 19.4 Å². The van der Waals surface area contributed by atoms with Crippen molar-refractivity contribution >= 4 is 46.2 Å². The zero-order valence-electron chi connectivity index (χ0n) is 19.1. The molecule has 0 saturated heterocycles. The maximum atomic E-state index is 13.6. The topological polar surface area (TPSA) is 97.6 Å². The summed E-state index contributed by atoms with van der Waals surface area (Å²) in [5, 5.41) is 9.90. The molecule has 5 rings (SSSR count). The van der Waals surface area contributed by atoms with Gasteiger partial charge in [-0.3, -0.25) is 4.79 Å². The Morgan fingerprint density at radius 1 is 1.11 bits per heavy atom. The van der Waals surface area contributed by atoms with E-state index in [1.54, 1.807) is 18.2 Å². The smallest absolute Gasteiger partial charge is 0.341 e. The number of ether oxygens (including phenoxy) is 1. The Morgan fingerprint density at radius 3 is 2.78 bits per heavy atom. The molecule has 4 aromatic rings. The lowest BCUT2D eigenvalue weighted by Gasteiger charge is -2.38. The molecule has 0 fully saturated rings. The molecule has 8 nitrogen and oxygen atoms in total. The standard InChI is InChI=1S/C26H22Cl2N4O4/c27-17-5-6-21(36-15-24(34)35)19(13-17)25-18-4-2-1-3-16(18)7-12-32(25)23(33)9-11-31-10-8-20-26(31)30-22(28)14-29-20/h1-6,8,10,13-14,25H,7,9,11-12,15H2,(H,34,35). The van der Waals surface area contributed by atoms with Crippen LogP contribution in [0.4, 0.5) is 0 Å². The van der Waals surface area contributed by atoms with Crippen LogP contribution in [0.25, 0.3) is 11.2 Å². The average molecular weight is 525 g/mol. The van der Waals surface area contributed by atoms with Crippen molar-refractivity contribution in [2.24, 2.45) is 0 Å². The van der Waals surface area contributed by atoms with Crippen molar-refractivity contribution in [3.05, 3.63) is 87.8 Å². The molecule has 0 saturated carbocycles. The molecule has 3 heterocycles. The molecule has 0 bridgehead atoms. The maximum absolute atomic E-state index is 13.6. The molecule has 1 amide bonds. The number of amides is 1. The van der Waals surface area contributed by atoms with Crippen LogP contribution >= 0.6 is 23.2 Å². The summed E-state index contributed by atoms with van der Waals surface area (Å²) in [6.45, 7) is 0.408. The van der Waals surface area contributed by atoms with Gasteiger partial charge < -0.3 is 19.3 Å². The van der Waals surface area contributed by atoms with Crippen LogP contribution in [-0.2, 0) is 22.6 Å². The molecule has 1 aliphatic heterocycles. The highest BCUT2D eigenvalue weighted by Crippen LogP contribution is 2.40. The van der Waals surface area contributed by atoms with Gasteiger partial charge in [0.05, 0.1) is 12.2 Å². The zero-order valence-corrected chi connectivity index (χ0v) is 20.6. The fraction of sp³-hybridized carbons (Fsp3) is 0.231. The molecule has 2 aromatic heterocycles. The van der Waals surface area contributed by atoms with Gasteiger partial charge in [-0.2, -0.15) is 0 Å². The Bertz CT molecular complexity index is 1460. The number of aliphatic carboxylic acids is 1. The van der Waals surface area contributed by atoms with Gasteiger partial charge in [-0.1, -0.05) is 47.5 Å². The summed E-state index contributed by atoms with van der Waals surface area (Å²) < 4.78 is 7.46. The van der Waals surface area contributed by atoms with Gasteiger partial charge in [-0.25, -0.2) is 14.8 Å². The number of carboxylic acids is 1. The summed E-state index contributed by atoms with van der Waals surface area (Å²) in [6.07, 6.45) is 4.26. The van der Waals surface area contributed by atoms with Gasteiger partial charge in [0.15, 0.2) is 12.3 Å². The van der Waals surface area contributed by atoms with Gasteiger partial charge in [0.1, 0.15) is 16.4 Å². The predicted molar refractivity (Wildman–Crippen MR) is 135 cm³/mol. The molecule has 2 aromatic carbocycles. The second-order valence-corrected chi connectivity index (χ2v) is 9.29. The largest absolute Gasteiger partial charge is 0.482 e. The number of rotatable bonds is 7. The van der Waals surface area contributed by atoms with E-state index in [1.165, 1.54) is 6.20 Å². The molecule has 1 N–H and O–H groups in total. The van der Waals surface area contributed by atoms with E-state index in [4.69, 9.17) is 33.0 Å². The fourth-order valence-corrected chi connectivity index (χ4v) is 4.95. The van der Waals surface area contributed by atoms with Crippen molar-refractivity contribution in [1.82, 2.24) is 19.4 Å². The van der Waals surface area contributed by atoms with Gasteiger partial charge in [0.2, 0.25) is 5.91 Å². The Kier molecular flexibility index (Phi) is 6.80. The van der Waals surface area contributed by atoms with Crippen molar-refractivity contribution in [3.8, 4) is 5.75 Å². The zero-order chi connectivity index (χ0) is 25.2. The van der Waals surface area contributed by atoms with E-state index in [2.05, 4.69) is 9.97 Å². The van der Waals surface area contributed by atoms with Crippen LogP contribution in [0.15, 0.2) is 60.9 Å². The second kappa shape index (κ2) is 10.2. The predicted octanol–water partition coefficient (Wildman–Crippen LogP) is 4.77. The molecule has 0 aliphatic carbocycles. The Labute approximate surface area is 217 Å². The highest BCUT2D eigenvalue weighted by Gasteiger charge is 2.34. The van der Waals surface area contributed by atoms with Crippen molar-refractivity contribution in [3.63, 3.8) is 0 Å². The van der Waals surface area contributed by atoms with Crippen molar-refractivity contribution in [2.75, 3.05) is 13.2 Å². The number of nitrogens with zero attached hydrogens (tertiary/aromatic N) is 4. The Morgan fingerprint density at radius 2 is 1.94 bits per heavy atom. The minimum Gasteiger partial charge on any atom is -0.482 e. The van der Waals surface area contributed by atoms with Crippen LogP contribution < -0.4 is 4.74 Å². The highest BCUT2D eigenvalue weighted by molar-refractivity contribution is 6.30. The van der Waals surface area contributed by atoms with Crippen LogP contribution in [-0.4, -0.2) is 49.6 Å². The number of carbonyl (C=O) groups excluding carboxylic acids is 1. The van der Waals surface area contributed by atoms with Crippen LogP contribution in [0.2, 0.25) is 10.2 Å². The number of carboxylic acid groups (broad SMARTS) is 1. The molecule has 0 radical (unpaired) electrons. The summed E-state index contributed by atoms with van der Waals surface area (Å²) in [6, 6.07) is 14.3. The molecular weight excluding hydrogens is 503 g/mol. The number of aryl methyl sites for hydroxylation is 1. The Balaban J connectivity index is 1.47. The quantitative estimate of drug-likeness (QED) is 0.374. The van der Waals surface area contributed by atoms with Gasteiger partial charge in [-0.05, 0) is 41.8 Å². The first-order valence-corrected chi connectivity index (χ1v) is 12.1. The summed E-state index contributed by atoms with van der Waals surface area (Å²) in [5.74, 6) is -0.770. The maximum Gasteiger partial charge on any atom is 0.341 e. The van der Waals surface area contributed by atoms with Gasteiger partial charge in [0.25, 0.3) is 0 Å². The summed E-state index contributed by atoms with van der Waals surface area (Å²) in [5.41, 5.74) is 4.06. The van der Waals surface area contributed by atoms with Crippen LogP contribution in [0.5, 0.6) is 5.75 Å². The molecule has 36 heavy (non-hydrogen) atoms. The van der Waals surface area contributed by atoms with E-state index >= 15 is 0 Å². The molecule has 1 atom stereocenters. The third-order valence-electron chi connectivity index (χ3n) is 6.22. The first-order chi connectivity index (χ1) is 17.4. The molecule has 184 valence electrons. The summed E-state index contributed by atoms with van der Waals surface area (Å²) in [7, 11) is 0. The number of carbonyl (C=O) groups is 2. The van der Waals surface area contributed by atoms with Crippen molar-refractivity contribution in [1.29, 1.82) is 0 Å². The third-order valence-corrected chi connectivity index (χ3v) is 6.64. The number of benzene rings is 2. The third kappa shape index (κ3) is 4.87. The van der Waals surface area contributed by atoms with Crippen LogP contribution in [0.3, 0.4) is 0 Å². The number of aromatic nitrogens is 3. The van der Waals surface area contributed by atoms with E-state index in [0.717, 1.165) is 11.1 Å². The molecule has 0 spiro atoms. The second-order valence-electron chi connectivity index (χ2n) is 8.46. The monoisotopic (exact) mass is 524 g/mol. The number of fused-ring (bicyclic) bond motifs is 2. The number of hydrogen-bond acceptors (Lipinski definition) is 5. The van der Waals surface area contributed by atoms with Gasteiger partial charge >= 0.3 is 5.97 Å². The lowest BCUT2D eigenvalue weighted by atomic mass is 9.87. The molecular formula is C26H22Cl2N4O4. The van der Waals surface area contributed by atoms with Crippen LogP contribution in [0, 0.1) is 0 Å². The lowest BCUT2D eigenvalue weighted by molar-refractivity contribution is -0.139. The van der Waals surface area contributed by atoms with E-state index in [9.17, 15) is 9.59 Å². The van der Waals surface area contributed by atoms with Gasteiger partial charge in [0, 0.05) is 36.3 Å². The number of halogens is 2. The number of hydrogen-bond donors (Lipinski definition) is 1. The van der Waals surface area contributed by atoms with E-state index in [1.807, 2.05) is 46.0 Å². The molecule has 1 unspecified atom stereocenters. The minimum atomic E-state index is -1.09. The highest BCUT2D eigenvalue weighted by atomic mass is 35.5. The molecule has 1 aliphatic rings. The fourth-order valence-electron chi connectivity index (χ4n) is 4.64.